The summed E-state index contributed by atoms with van der Waals surface area (Å²) in [6.45, 7) is 3.69. The minimum absolute atomic E-state index is 0.0186. The first-order chi connectivity index (χ1) is 22.0. The van der Waals surface area contributed by atoms with E-state index in [9.17, 15) is 39.9 Å². The maximum Gasteiger partial charge on any atom is 0.534 e. The summed E-state index contributed by atoms with van der Waals surface area (Å²) in [5, 5.41) is 14.0. The third-order valence-electron chi connectivity index (χ3n) is 7.54. The molecule has 2 aromatic rings. The molecule has 13 nitrogen and oxygen atoms in total. The smallest absolute Gasteiger partial charge is 0.497 e. The van der Waals surface area contributed by atoms with Gasteiger partial charge >= 0.3 is 21.7 Å². The van der Waals surface area contributed by atoms with Crippen LogP contribution in [-0.4, -0.2) is 95.8 Å². The minimum Gasteiger partial charge on any atom is -0.497 e. The van der Waals surface area contributed by atoms with E-state index in [4.69, 9.17) is 18.9 Å². The highest BCUT2D eigenvalue weighted by Gasteiger charge is 2.48. The summed E-state index contributed by atoms with van der Waals surface area (Å²) < 4.78 is 115. The molecular formula is C29H37F3N2O11S2. The summed E-state index contributed by atoms with van der Waals surface area (Å²) in [6.07, 6.45) is -3.10. The quantitative estimate of drug-likeness (QED) is 0.219. The van der Waals surface area contributed by atoms with Crippen LogP contribution in [0, 0.1) is 11.8 Å². The number of amides is 1. The maximum absolute atomic E-state index is 13.7. The first kappa shape index (κ1) is 36.7. The van der Waals surface area contributed by atoms with Crippen molar-refractivity contribution in [3.05, 3.63) is 54.1 Å². The fourth-order valence-electron chi connectivity index (χ4n) is 5.17. The number of aliphatic hydroxyl groups excluding tert-OH is 1. The van der Waals surface area contributed by atoms with E-state index in [0.717, 1.165) is 16.4 Å². The second kappa shape index (κ2) is 14.9. The van der Waals surface area contributed by atoms with Crippen molar-refractivity contribution in [1.29, 1.82) is 0 Å². The number of halogens is 3. The molecule has 2 aromatic carbocycles. The number of aliphatic hydroxyl groups is 1. The summed E-state index contributed by atoms with van der Waals surface area (Å²) >= 11 is 0. The van der Waals surface area contributed by atoms with E-state index in [1.54, 1.807) is 13.8 Å². The first-order valence-corrected chi connectivity index (χ1v) is 17.5. The minimum atomic E-state index is -5.90. The van der Waals surface area contributed by atoms with Gasteiger partial charge in [-0.15, -0.1) is 0 Å². The number of alkyl carbamates (subject to hydrolysis) is 1. The Morgan fingerprint density at radius 2 is 1.66 bits per heavy atom. The van der Waals surface area contributed by atoms with Crippen molar-refractivity contribution in [1.82, 2.24) is 9.62 Å². The third kappa shape index (κ3) is 9.26. The maximum atomic E-state index is 13.7. The molecule has 2 aliphatic rings. The number of benzene rings is 2. The molecule has 2 N–H and O–H groups in total. The predicted octanol–water partition coefficient (Wildman–Crippen LogP) is 3.03. The number of sulfonamides is 1. The van der Waals surface area contributed by atoms with Gasteiger partial charge in [-0.3, -0.25) is 0 Å². The molecule has 0 radical (unpaired) electrons. The molecule has 5 atom stereocenters. The van der Waals surface area contributed by atoms with Crippen molar-refractivity contribution in [2.75, 3.05) is 33.4 Å². The van der Waals surface area contributed by atoms with E-state index >= 15 is 0 Å². The van der Waals surface area contributed by atoms with Gasteiger partial charge in [0.25, 0.3) is 0 Å². The van der Waals surface area contributed by atoms with Gasteiger partial charge in [0, 0.05) is 13.1 Å². The van der Waals surface area contributed by atoms with Crippen LogP contribution in [0.2, 0.25) is 0 Å². The van der Waals surface area contributed by atoms with Crippen LogP contribution in [0.25, 0.3) is 0 Å². The van der Waals surface area contributed by atoms with Crippen molar-refractivity contribution in [2.45, 2.75) is 61.6 Å². The van der Waals surface area contributed by atoms with Gasteiger partial charge < -0.3 is 33.6 Å². The van der Waals surface area contributed by atoms with Gasteiger partial charge in [0.1, 0.15) is 17.6 Å². The van der Waals surface area contributed by atoms with E-state index in [1.165, 1.54) is 43.5 Å². The number of methoxy groups -OCH3 is 1. The molecule has 1 amide bonds. The number of hydrogen-bond donors (Lipinski definition) is 2. The largest absolute Gasteiger partial charge is 0.534 e. The highest BCUT2D eigenvalue weighted by molar-refractivity contribution is 7.89. The van der Waals surface area contributed by atoms with Crippen LogP contribution >= 0.6 is 0 Å². The third-order valence-corrected chi connectivity index (χ3v) is 10.4. The number of fused-ring (bicyclic) bond motifs is 1. The SMILES string of the molecule is COc1ccc(S(=O)(=O)N(CC(C)C)C[C@@H](O)[C@H](Cc2ccc(OS(=O)(=O)C(F)(F)F)cc2)NC(=O)O[C@H]2COC3OCCC32)cc1. The van der Waals surface area contributed by atoms with Gasteiger partial charge in [0.2, 0.25) is 10.0 Å². The molecule has 2 saturated heterocycles. The van der Waals surface area contributed by atoms with Gasteiger partial charge in [-0.25, -0.2) is 13.2 Å². The molecule has 47 heavy (non-hydrogen) atoms. The number of carbonyl (C=O) groups is 1. The Hall–Kier alpha value is -3.16. The van der Waals surface area contributed by atoms with Crippen molar-refractivity contribution in [3.8, 4) is 11.5 Å². The topological polar surface area (TPSA) is 167 Å². The standard InChI is InChI=1S/C29H37F3N2O11S2/c1-18(2)15-34(46(37,38)22-10-8-20(41-3)9-11-22)16-25(35)24(33-28(36)44-26-17-43-27-23(26)12-13-42-27)14-19-4-6-21(7-5-19)45-47(39,40)29(30,31)32/h4-11,18,23-27,35H,12-17H2,1-3H3,(H,33,36)/t23?,24-,25+,26-,27?/m0/s1. The van der Waals surface area contributed by atoms with Crippen molar-refractivity contribution >= 4 is 26.2 Å². The monoisotopic (exact) mass is 710 g/mol. The van der Waals surface area contributed by atoms with E-state index in [1.807, 2.05) is 0 Å². The van der Waals surface area contributed by atoms with E-state index in [0.29, 0.717) is 24.3 Å². The van der Waals surface area contributed by atoms with Crippen LogP contribution in [0.4, 0.5) is 18.0 Å². The molecule has 2 fully saturated rings. The second-order valence-corrected chi connectivity index (χ2v) is 15.0. The van der Waals surface area contributed by atoms with Gasteiger partial charge in [0.15, 0.2) is 6.29 Å². The summed E-state index contributed by atoms with van der Waals surface area (Å²) in [5.74, 6) is -0.506. The summed E-state index contributed by atoms with van der Waals surface area (Å²) in [5.41, 5.74) is -5.29. The Morgan fingerprint density at radius 3 is 2.26 bits per heavy atom. The van der Waals surface area contributed by atoms with Gasteiger partial charge in [0.05, 0.1) is 43.3 Å². The van der Waals surface area contributed by atoms with Gasteiger partial charge in [-0.1, -0.05) is 26.0 Å². The molecule has 4 rings (SSSR count). The zero-order valence-electron chi connectivity index (χ0n) is 25.8. The molecule has 0 bridgehead atoms. The van der Waals surface area contributed by atoms with Crippen LogP contribution in [-0.2, 0) is 40.8 Å². The molecule has 0 aliphatic carbocycles. The Kier molecular flexibility index (Phi) is 11.7. The Balaban J connectivity index is 1.55. The number of nitrogens with zero attached hydrogens (tertiary/aromatic N) is 1. The normalized spacial score (nSPS) is 21.3. The number of alkyl halides is 3. The lowest BCUT2D eigenvalue weighted by molar-refractivity contribution is -0.0907. The molecule has 0 aromatic heterocycles. The highest BCUT2D eigenvalue weighted by Crippen LogP contribution is 2.33. The van der Waals surface area contributed by atoms with Gasteiger partial charge in [-0.05, 0) is 60.7 Å². The zero-order chi connectivity index (χ0) is 34.6. The number of ether oxygens (including phenoxy) is 4. The number of rotatable bonds is 14. The van der Waals surface area contributed by atoms with E-state index in [2.05, 4.69) is 9.50 Å². The number of nitrogens with one attached hydrogen (secondary N) is 1. The van der Waals surface area contributed by atoms with Crippen LogP contribution in [0.1, 0.15) is 25.8 Å². The number of carbonyl (C=O) groups excluding carboxylic acids is 1. The fraction of sp³-hybridized carbons (Fsp3) is 0.552. The first-order valence-electron chi connectivity index (χ1n) is 14.6. The molecule has 2 unspecified atom stereocenters. The van der Waals surface area contributed by atoms with E-state index < -0.39 is 68.6 Å². The highest BCUT2D eigenvalue weighted by atomic mass is 32.2. The average molecular weight is 711 g/mol. The lowest BCUT2D eigenvalue weighted by atomic mass is 10.0. The summed E-state index contributed by atoms with van der Waals surface area (Å²) in [6, 6.07) is 8.99. The Morgan fingerprint density at radius 1 is 1.02 bits per heavy atom. The molecule has 0 saturated carbocycles. The lowest BCUT2D eigenvalue weighted by Gasteiger charge is -2.31. The van der Waals surface area contributed by atoms with Crippen LogP contribution in [0.3, 0.4) is 0 Å². The predicted molar refractivity (Wildman–Crippen MR) is 159 cm³/mol. The van der Waals surface area contributed by atoms with Crippen LogP contribution in [0.15, 0.2) is 53.4 Å². The van der Waals surface area contributed by atoms with Crippen molar-refractivity contribution in [3.63, 3.8) is 0 Å². The van der Waals surface area contributed by atoms with Crippen LogP contribution < -0.4 is 14.2 Å². The van der Waals surface area contributed by atoms with Gasteiger partial charge in [-0.2, -0.15) is 25.9 Å². The van der Waals surface area contributed by atoms with Crippen molar-refractivity contribution in [2.24, 2.45) is 11.8 Å². The molecule has 2 aliphatic heterocycles. The molecule has 0 spiro atoms. The molecule has 2 heterocycles. The fourth-order valence-corrected chi connectivity index (χ4v) is 7.25. The Bertz CT molecular complexity index is 1570. The van der Waals surface area contributed by atoms with Crippen LogP contribution in [0.5, 0.6) is 11.5 Å². The Labute approximate surface area is 271 Å². The molecule has 18 heteroatoms. The zero-order valence-corrected chi connectivity index (χ0v) is 27.4. The summed E-state index contributed by atoms with van der Waals surface area (Å²) in [4.78, 5) is 13.0. The lowest BCUT2D eigenvalue weighted by Crippen LogP contribution is -2.51. The molecular weight excluding hydrogens is 673 g/mol. The van der Waals surface area contributed by atoms with E-state index in [-0.39, 0.29) is 36.3 Å². The second-order valence-electron chi connectivity index (χ2n) is 11.5. The molecule has 262 valence electrons. The summed E-state index contributed by atoms with van der Waals surface area (Å²) in [7, 11) is -8.60. The number of hydrogen-bond acceptors (Lipinski definition) is 11. The van der Waals surface area contributed by atoms with Crippen molar-refractivity contribution < 1.29 is 63.0 Å². The average Bonchev–Trinajstić information content (AvgIpc) is 3.61.